The number of rotatable bonds is 5. The zero-order valence-electron chi connectivity index (χ0n) is 11.9. The van der Waals surface area contributed by atoms with Crippen LogP contribution in [0, 0.1) is 5.41 Å². The second-order valence-corrected chi connectivity index (χ2v) is 7.02. The Morgan fingerprint density at radius 1 is 1.37 bits per heavy atom. The van der Waals surface area contributed by atoms with Gasteiger partial charge in [0.25, 0.3) is 0 Å². The number of nitrogens with one attached hydrogen (secondary N) is 1. The molecule has 0 radical (unpaired) electrons. The predicted octanol–water partition coefficient (Wildman–Crippen LogP) is 3.97. The molecule has 0 aromatic carbocycles. The van der Waals surface area contributed by atoms with Crippen molar-refractivity contribution in [1.29, 1.82) is 0 Å². The van der Waals surface area contributed by atoms with E-state index < -0.39 is 0 Å². The summed E-state index contributed by atoms with van der Waals surface area (Å²) in [5, 5.41) is 5.96. The van der Waals surface area contributed by atoms with E-state index in [-0.39, 0.29) is 0 Å². The fraction of sp³-hybridized carbons (Fsp3) is 0.750. The molecule has 2 saturated carbocycles. The molecule has 2 nitrogen and oxygen atoms in total. The summed E-state index contributed by atoms with van der Waals surface area (Å²) in [7, 11) is 0. The minimum Gasteiger partial charge on any atom is -0.378 e. The molecule has 2 aliphatic rings. The van der Waals surface area contributed by atoms with Crippen molar-refractivity contribution >= 4 is 11.3 Å². The average Bonchev–Trinajstić information content (AvgIpc) is 2.96. The Hall–Kier alpha value is -0.380. The van der Waals surface area contributed by atoms with Crippen molar-refractivity contribution < 1.29 is 4.74 Å². The van der Waals surface area contributed by atoms with Crippen LogP contribution in [0.15, 0.2) is 17.5 Å². The van der Waals surface area contributed by atoms with Crippen LogP contribution in [-0.2, 0) is 11.3 Å². The summed E-state index contributed by atoms with van der Waals surface area (Å²) in [5.74, 6) is 0. The van der Waals surface area contributed by atoms with Crippen LogP contribution in [0.5, 0.6) is 0 Å². The molecular weight excluding hydrogens is 254 g/mol. The Labute approximate surface area is 120 Å². The van der Waals surface area contributed by atoms with E-state index in [1.54, 1.807) is 0 Å². The first kappa shape index (κ1) is 13.6. The zero-order chi connectivity index (χ0) is 13.1. The fourth-order valence-corrected chi connectivity index (χ4v) is 4.64. The Bertz CT molecular complexity index is 383. The molecule has 3 heteroatoms. The summed E-state index contributed by atoms with van der Waals surface area (Å²) in [5.41, 5.74) is 0.450. The molecule has 0 amide bonds. The molecule has 1 aromatic rings. The quantitative estimate of drug-likeness (QED) is 0.880. The van der Waals surface area contributed by atoms with E-state index >= 15 is 0 Å². The number of ether oxygens (including phenoxy) is 1. The van der Waals surface area contributed by atoms with E-state index in [2.05, 4.69) is 29.8 Å². The first-order valence-corrected chi connectivity index (χ1v) is 8.60. The summed E-state index contributed by atoms with van der Waals surface area (Å²) in [6, 6.07) is 5.04. The van der Waals surface area contributed by atoms with Gasteiger partial charge < -0.3 is 10.1 Å². The largest absolute Gasteiger partial charge is 0.378 e. The highest BCUT2D eigenvalue weighted by molar-refractivity contribution is 7.09. The van der Waals surface area contributed by atoms with E-state index in [1.165, 1.54) is 43.4 Å². The van der Waals surface area contributed by atoms with E-state index in [1.807, 2.05) is 11.3 Å². The maximum atomic E-state index is 6.00. The minimum absolute atomic E-state index is 0.450. The van der Waals surface area contributed by atoms with Gasteiger partial charge in [0.2, 0.25) is 0 Å². The minimum atomic E-state index is 0.450. The molecule has 0 unspecified atom stereocenters. The lowest BCUT2D eigenvalue weighted by Crippen LogP contribution is -2.64. The van der Waals surface area contributed by atoms with Gasteiger partial charge in [-0.1, -0.05) is 25.3 Å². The number of hydrogen-bond acceptors (Lipinski definition) is 3. The summed E-state index contributed by atoms with van der Waals surface area (Å²) in [4.78, 5) is 1.45. The van der Waals surface area contributed by atoms with Gasteiger partial charge in [-0.15, -0.1) is 11.3 Å². The van der Waals surface area contributed by atoms with Gasteiger partial charge in [0.15, 0.2) is 0 Å². The van der Waals surface area contributed by atoms with Crippen LogP contribution < -0.4 is 5.32 Å². The Kier molecular flexibility index (Phi) is 4.25. The van der Waals surface area contributed by atoms with E-state index in [0.717, 1.165) is 13.2 Å². The van der Waals surface area contributed by atoms with Gasteiger partial charge in [0.05, 0.1) is 6.10 Å². The van der Waals surface area contributed by atoms with Crippen molar-refractivity contribution in [2.75, 3.05) is 6.61 Å². The van der Waals surface area contributed by atoms with Crippen molar-refractivity contribution in [1.82, 2.24) is 5.32 Å². The van der Waals surface area contributed by atoms with Crippen molar-refractivity contribution in [2.24, 2.45) is 5.41 Å². The molecule has 0 bridgehead atoms. The standard InChI is InChI=1S/C16H25NOS/c1-2-18-15-11-14(16(15)8-4-3-5-9-16)17-12-13-7-6-10-19-13/h6-7,10,14-15,17H,2-5,8-9,11-12H2,1H3/t14-,15-/m0/s1. The summed E-state index contributed by atoms with van der Waals surface area (Å²) >= 11 is 1.85. The van der Waals surface area contributed by atoms with Gasteiger partial charge in [-0.3, -0.25) is 0 Å². The van der Waals surface area contributed by atoms with Crippen LogP contribution in [0.1, 0.15) is 50.3 Å². The van der Waals surface area contributed by atoms with Crippen LogP contribution in [0.2, 0.25) is 0 Å². The van der Waals surface area contributed by atoms with Crippen LogP contribution in [0.25, 0.3) is 0 Å². The van der Waals surface area contributed by atoms with E-state index in [4.69, 9.17) is 4.74 Å². The Morgan fingerprint density at radius 3 is 2.89 bits per heavy atom. The third-order valence-electron chi connectivity index (χ3n) is 5.04. The van der Waals surface area contributed by atoms with Crippen molar-refractivity contribution in [2.45, 2.75) is 64.1 Å². The normalized spacial score (nSPS) is 29.3. The fourth-order valence-electron chi connectivity index (χ4n) is 3.99. The molecule has 2 aliphatic carbocycles. The van der Waals surface area contributed by atoms with Crippen molar-refractivity contribution in [3.63, 3.8) is 0 Å². The van der Waals surface area contributed by atoms with E-state index in [0.29, 0.717) is 17.6 Å². The Balaban J connectivity index is 1.61. The zero-order valence-corrected chi connectivity index (χ0v) is 12.7. The highest BCUT2D eigenvalue weighted by Gasteiger charge is 2.55. The van der Waals surface area contributed by atoms with Crippen LogP contribution >= 0.6 is 11.3 Å². The molecule has 106 valence electrons. The molecule has 19 heavy (non-hydrogen) atoms. The highest BCUT2D eigenvalue weighted by atomic mass is 32.1. The topological polar surface area (TPSA) is 21.3 Å². The number of thiophene rings is 1. The lowest BCUT2D eigenvalue weighted by atomic mass is 9.55. The smallest absolute Gasteiger partial charge is 0.0661 e. The van der Waals surface area contributed by atoms with Crippen molar-refractivity contribution in [3.8, 4) is 0 Å². The van der Waals surface area contributed by atoms with Crippen LogP contribution in [0.3, 0.4) is 0 Å². The second-order valence-electron chi connectivity index (χ2n) is 5.99. The lowest BCUT2D eigenvalue weighted by Gasteiger charge is -2.58. The van der Waals surface area contributed by atoms with Crippen molar-refractivity contribution in [3.05, 3.63) is 22.4 Å². The molecule has 1 spiro atoms. The first-order valence-electron chi connectivity index (χ1n) is 7.72. The Morgan fingerprint density at radius 2 is 2.21 bits per heavy atom. The highest BCUT2D eigenvalue weighted by Crippen LogP contribution is 2.53. The molecule has 1 aromatic heterocycles. The molecule has 0 aliphatic heterocycles. The van der Waals surface area contributed by atoms with Crippen LogP contribution in [0.4, 0.5) is 0 Å². The molecular formula is C16H25NOS. The van der Waals surface area contributed by atoms with Gasteiger partial charge in [-0.25, -0.2) is 0 Å². The molecule has 0 saturated heterocycles. The summed E-state index contributed by atoms with van der Waals surface area (Å²) in [6.45, 7) is 4.02. The van der Waals surface area contributed by atoms with E-state index in [9.17, 15) is 0 Å². The first-order chi connectivity index (χ1) is 9.35. The predicted molar refractivity (Wildman–Crippen MR) is 80.5 cm³/mol. The molecule has 3 rings (SSSR count). The second kappa shape index (κ2) is 5.94. The molecule has 2 atom stereocenters. The van der Waals surface area contributed by atoms with Gasteiger partial charge >= 0.3 is 0 Å². The number of hydrogen-bond donors (Lipinski definition) is 1. The average molecular weight is 279 g/mol. The SMILES string of the molecule is CCO[C@H]1C[C@H](NCc2cccs2)C12CCCCC2. The monoisotopic (exact) mass is 279 g/mol. The third-order valence-corrected chi connectivity index (χ3v) is 5.92. The van der Waals surface area contributed by atoms with Crippen LogP contribution in [-0.4, -0.2) is 18.8 Å². The lowest BCUT2D eigenvalue weighted by molar-refractivity contribution is -0.150. The van der Waals surface area contributed by atoms with Gasteiger partial charge in [-0.05, 0) is 37.6 Å². The summed E-state index contributed by atoms with van der Waals surface area (Å²) in [6.07, 6.45) is 8.64. The van der Waals surface area contributed by atoms with Gasteiger partial charge in [0.1, 0.15) is 0 Å². The maximum absolute atomic E-state index is 6.00. The summed E-state index contributed by atoms with van der Waals surface area (Å²) < 4.78 is 6.00. The molecule has 1 N–H and O–H groups in total. The third kappa shape index (κ3) is 2.61. The van der Waals surface area contributed by atoms with Gasteiger partial charge in [0, 0.05) is 29.5 Å². The maximum Gasteiger partial charge on any atom is 0.0661 e. The molecule has 1 heterocycles. The van der Waals surface area contributed by atoms with Gasteiger partial charge in [-0.2, -0.15) is 0 Å². The molecule has 2 fully saturated rings.